The third-order valence-corrected chi connectivity index (χ3v) is 0. The van der Waals surface area contributed by atoms with E-state index < -0.39 is 19.6 Å². The second kappa shape index (κ2) is 7.59. The summed E-state index contributed by atoms with van der Waals surface area (Å²) in [5.41, 5.74) is 0. The van der Waals surface area contributed by atoms with E-state index in [9.17, 15) is 0 Å². The first kappa shape index (κ1) is 16.8. The molecule has 0 saturated heterocycles. The summed E-state index contributed by atoms with van der Waals surface area (Å²) in [4.78, 5) is 14.3. The number of hydrogen-bond acceptors (Lipinski definition) is 3. The third kappa shape index (κ3) is 2010. The van der Waals surface area contributed by atoms with Crippen molar-refractivity contribution >= 4 is 19.6 Å². The first-order valence-corrected chi connectivity index (χ1v) is 4.05. The van der Waals surface area contributed by atoms with E-state index >= 15 is 0 Å². The Hall–Kier alpha value is 0.487. The molecule has 0 amide bonds. The van der Waals surface area contributed by atoms with Crippen LogP contribution in [0.25, 0.3) is 0 Å². The molecule has 0 spiro atoms. The molecule has 0 unspecified atom stereocenters. The quantitative estimate of drug-likeness (QED) is 0.227. The molecular formula is H5NaO7SSi. The van der Waals surface area contributed by atoms with Gasteiger partial charge in [-0.1, -0.05) is 0 Å². The van der Waals surface area contributed by atoms with Crippen LogP contribution < -0.4 is 29.6 Å². The van der Waals surface area contributed by atoms with Crippen molar-refractivity contribution in [1.29, 1.82) is 0 Å². The SMILES string of the molecule is O=S(=O)(O)O.O=[Si](O)O.[H-].[Na+]. The Bertz CT molecular complexity index is 161. The van der Waals surface area contributed by atoms with Crippen LogP contribution in [0.2, 0.25) is 0 Å². The second-order valence-electron chi connectivity index (χ2n) is 0.730. The summed E-state index contributed by atoms with van der Waals surface area (Å²) in [6.45, 7) is 0. The molecule has 0 aromatic heterocycles. The first-order valence-electron chi connectivity index (χ1n) is 1.35. The topological polar surface area (TPSA) is 132 Å². The van der Waals surface area contributed by atoms with Gasteiger partial charge in [-0.15, -0.1) is 0 Å². The molecule has 0 aliphatic carbocycles. The normalized spacial score (nSPS) is 8.20. The van der Waals surface area contributed by atoms with Crippen LogP contribution in [0.15, 0.2) is 0 Å². The van der Waals surface area contributed by atoms with Crippen LogP contribution in [0.5, 0.6) is 0 Å². The molecule has 0 bridgehead atoms. The minimum absolute atomic E-state index is 0. The molecule has 0 heterocycles. The van der Waals surface area contributed by atoms with E-state index in [-0.39, 0.29) is 31.0 Å². The van der Waals surface area contributed by atoms with Gasteiger partial charge in [-0.3, -0.25) is 13.6 Å². The van der Waals surface area contributed by atoms with Gasteiger partial charge in [0.1, 0.15) is 0 Å². The van der Waals surface area contributed by atoms with E-state index in [1.54, 1.807) is 0 Å². The van der Waals surface area contributed by atoms with Gasteiger partial charge in [-0.25, -0.2) is 0 Å². The minimum atomic E-state index is -4.67. The van der Waals surface area contributed by atoms with Gasteiger partial charge in [0, 0.05) is 0 Å². The molecule has 0 radical (unpaired) electrons. The van der Waals surface area contributed by atoms with Crippen LogP contribution in [0.1, 0.15) is 1.43 Å². The molecule has 0 rings (SSSR count). The smallest absolute Gasteiger partial charge is 1.00 e. The van der Waals surface area contributed by atoms with Gasteiger partial charge in [0.15, 0.2) is 0 Å². The monoisotopic (exact) mass is 200 g/mol. The first-order chi connectivity index (χ1) is 3.73. The molecule has 10 heteroatoms. The van der Waals surface area contributed by atoms with Gasteiger partial charge < -0.3 is 11.0 Å². The predicted molar refractivity (Wildman–Crippen MR) is 26.2 cm³/mol. The summed E-state index contributed by atoms with van der Waals surface area (Å²) in [6, 6.07) is 0. The molecule has 0 saturated carbocycles. The van der Waals surface area contributed by atoms with Crippen molar-refractivity contribution in [2.45, 2.75) is 0 Å². The molecular weight excluding hydrogens is 195 g/mol. The average Bonchev–Trinajstić information content (AvgIpc) is 1.19. The van der Waals surface area contributed by atoms with Crippen LogP contribution in [0.3, 0.4) is 0 Å². The molecule has 0 aliphatic rings. The van der Waals surface area contributed by atoms with Gasteiger partial charge in [-0.2, -0.15) is 8.42 Å². The average molecular weight is 200 g/mol. The Morgan fingerprint density at radius 2 is 1.20 bits per heavy atom. The molecule has 0 fully saturated rings. The summed E-state index contributed by atoms with van der Waals surface area (Å²) in [5, 5.41) is 0. The van der Waals surface area contributed by atoms with Crippen LogP contribution in [0.4, 0.5) is 0 Å². The standard InChI is InChI=1S/Na.H2O4S.H2O3Si.H/c;1-5(2,3)4;1-4(2)3;/h;(H2,1,2,3,4);1-2H;/q+1;;;-1. The molecule has 0 atom stereocenters. The molecule has 0 aromatic carbocycles. The Morgan fingerprint density at radius 1 is 1.20 bits per heavy atom. The predicted octanol–water partition coefficient (Wildman–Crippen LogP) is -5.15. The zero-order valence-electron chi connectivity index (χ0n) is 5.92. The van der Waals surface area contributed by atoms with Gasteiger partial charge >= 0.3 is 49.1 Å². The number of rotatable bonds is 0. The van der Waals surface area contributed by atoms with Crippen molar-refractivity contribution in [2.24, 2.45) is 0 Å². The zero-order chi connectivity index (χ0) is 8.08. The van der Waals surface area contributed by atoms with E-state index in [0.29, 0.717) is 0 Å². The van der Waals surface area contributed by atoms with E-state index in [0.717, 1.165) is 0 Å². The largest absolute Gasteiger partial charge is 1.00 e. The van der Waals surface area contributed by atoms with Gasteiger partial charge in [0.25, 0.3) is 0 Å². The number of hydrogen-bond donors (Lipinski definition) is 4. The summed E-state index contributed by atoms with van der Waals surface area (Å²) in [6.07, 6.45) is 0. The Labute approximate surface area is 81.9 Å². The van der Waals surface area contributed by atoms with E-state index in [4.69, 9.17) is 31.6 Å². The summed E-state index contributed by atoms with van der Waals surface area (Å²) in [7, 11) is -7.80. The zero-order valence-corrected chi connectivity index (χ0v) is 8.74. The summed E-state index contributed by atoms with van der Waals surface area (Å²) >= 11 is 0. The second-order valence-corrected chi connectivity index (χ2v) is 2.19. The van der Waals surface area contributed by atoms with Crippen molar-refractivity contribution in [3.63, 3.8) is 0 Å². The van der Waals surface area contributed by atoms with E-state index in [1.165, 1.54) is 0 Å². The molecule has 4 N–H and O–H groups in total. The van der Waals surface area contributed by atoms with Gasteiger partial charge in [0.2, 0.25) is 0 Å². The fourth-order valence-corrected chi connectivity index (χ4v) is 0. The fraction of sp³-hybridized carbons (Fsp3) is 0. The van der Waals surface area contributed by atoms with Crippen molar-refractivity contribution < 1.29 is 62.6 Å². The Kier molecular flexibility index (Phi) is 12.8. The van der Waals surface area contributed by atoms with Crippen molar-refractivity contribution in [2.75, 3.05) is 0 Å². The summed E-state index contributed by atoms with van der Waals surface area (Å²) in [5.74, 6) is 0. The van der Waals surface area contributed by atoms with Gasteiger partial charge in [0.05, 0.1) is 0 Å². The third-order valence-electron chi connectivity index (χ3n) is 0. The maximum Gasteiger partial charge on any atom is 1.00 e. The Balaban J connectivity index is -0.0000000383. The van der Waals surface area contributed by atoms with Crippen LogP contribution in [0, 0.1) is 0 Å². The molecule has 58 valence electrons. The minimum Gasteiger partial charge on any atom is -1.00 e. The van der Waals surface area contributed by atoms with Crippen molar-refractivity contribution in [3.8, 4) is 0 Å². The maximum absolute atomic E-state index is 8.74. The van der Waals surface area contributed by atoms with E-state index in [2.05, 4.69) is 0 Å². The molecule has 7 nitrogen and oxygen atoms in total. The summed E-state index contributed by atoms with van der Waals surface area (Å²) < 4.78 is 40.3. The van der Waals surface area contributed by atoms with Crippen LogP contribution >= 0.6 is 0 Å². The van der Waals surface area contributed by atoms with Crippen LogP contribution in [-0.2, 0) is 14.9 Å². The Morgan fingerprint density at radius 3 is 1.20 bits per heavy atom. The molecule has 10 heavy (non-hydrogen) atoms. The fourth-order valence-electron chi connectivity index (χ4n) is 0. The molecule has 0 aliphatic heterocycles. The molecule has 0 aromatic rings. The van der Waals surface area contributed by atoms with Crippen molar-refractivity contribution in [3.05, 3.63) is 0 Å². The van der Waals surface area contributed by atoms with Crippen LogP contribution in [-0.4, -0.2) is 36.3 Å². The van der Waals surface area contributed by atoms with Gasteiger partial charge in [-0.05, 0) is 0 Å². The van der Waals surface area contributed by atoms with Crippen molar-refractivity contribution in [1.82, 2.24) is 0 Å². The maximum atomic E-state index is 8.74. The van der Waals surface area contributed by atoms with E-state index in [1.807, 2.05) is 0 Å².